The lowest BCUT2D eigenvalue weighted by Crippen LogP contribution is -2.51. The summed E-state index contributed by atoms with van der Waals surface area (Å²) in [6.45, 7) is 5.44. The first kappa shape index (κ1) is 17.0. The van der Waals surface area contributed by atoms with E-state index in [2.05, 4.69) is 17.1 Å². The van der Waals surface area contributed by atoms with Gasteiger partial charge in [-0.05, 0) is 36.8 Å². The van der Waals surface area contributed by atoms with E-state index in [9.17, 15) is 9.90 Å². The Morgan fingerprint density at radius 2 is 1.80 bits per heavy atom. The molecule has 3 fully saturated rings. The molecule has 0 bridgehead atoms. The van der Waals surface area contributed by atoms with Gasteiger partial charge in [0.25, 0.3) is 5.91 Å². The Balaban J connectivity index is 1.51. The number of aliphatic hydroxyl groups is 1. The zero-order chi connectivity index (χ0) is 17.4. The van der Waals surface area contributed by atoms with Gasteiger partial charge in [-0.2, -0.15) is 0 Å². The van der Waals surface area contributed by atoms with Crippen molar-refractivity contribution in [1.29, 1.82) is 0 Å². The second-order valence-electron chi connectivity index (χ2n) is 8.15. The molecule has 4 nitrogen and oxygen atoms in total. The molecular weight excluding hydrogens is 312 g/mol. The van der Waals surface area contributed by atoms with Gasteiger partial charge in [0.2, 0.25) is 0 Å². The van der Waals surface area contributed by atoms with Crippen LogP contribution in [0.4, 0.5) is 0 Å². The quantitative estimate of drug-likeness (QED) is 0.864. The van der Waals surface area contributed by atoms with Crippen LogP contribution in [0.3, 0.4) is 0 Å². The molecule has 0 aromatic heterocycles. The average Bonchev–Trinajstić information content (AvgIpc) is 3.11. The van der Waals surface area contributed by atoms with Crippen molar-refractivity contribution in [2.24, 2.45) is 17.8 Å². The lowest BCUT2D eigenvalue weighted by molar-refractivity contribution is -0.149. The number of amides is 1. The van der Waals surface area contributed by atoms with Crippen LogP contribution in [-0.2, 0) is 10.4 Å². The number of benzene rings is 1. The highest BCUT2D eigenvalue weighted by Gasteiger charge is 2.58. The molecule has 136 valence electrons. The zero-order valence-corrected chi connectivity index (χ0v) is 15.2. The molecule has 3 unspecified atom stereocenters. The minimum atomic E-state index is -1.39. The molecule has 4 rings (SSSR count). The first-order valence-corrected chi connectivity index (χ1v) is 9.95. The Morgan fingerprint density at radius 1 is 1.16 bits per heavy atom. The second kappa shape index (κ2) is 6.73. The van der Waals surface area contributed by atoms with E-state index in [4.69, 9.17) is 0 Å². The van der Waals surface area contributed by atoms with Crippen LogP contribution in [0.1, 0.15) is 44.6 Å². The first-order chi connectivity index (χ1) is 12.1. The lowest BCUT2D eigenvalue weighted by atomic mass is 9.73. The van der Waals surface area contributed by atoms with E-state index < -0.39 is 5.60 Å². The van der Waals surface area contributed by atoms with Crippen molar-refractivity contribution >= 4 is 5.91 Å². The van der Waals surface area contributed by atoms with Crippen LogP contribution in [0.25, 0.3) is 0 Å². The summed E-state index contributed by atoms with van der Waals surface area (Å²) in [5, 5.41) is 14.8. The molecule has 3 atom stereocenters. The molecule has 1 amide bonds. The van der Waals surface area contributed by atoms with E-state index in [1.807, 2.05) is 30.3 Å². The Kier molecular flexibility index (Phi) is 4.59. The largest absolute Gasteiger partial charge is 0.375 e. The molecule has 1 saturated heterocycles. The third-order valence-corrected chi connectivity index (χ3v) is 6.77. The van der Waals surface area contributed by atoms with Crippen LogP contribution in [-0.4, -0.2) is 41.6 Å². The summed E-state index contributed by atoms with van der Waals surface area (Å²) in [5.74, 6) is 1.01. The minimum Gasteiger partial charge on any atom is -0.375 e. The van der Waals surface area contributed by atoms with Crippen molar-refractivity contribution in [3.63, 3.8) is 0 Å². The fourth-order valence-corrected chi connectivity index (χ4v) is 5.11. The van der Waals surface area contributed by atoms with Gasteiger partial charge >= 0.3 is 0 Å². The van der Waals surface area contributed by atoms with Crippen molar-refractivity contribution in [2.75, 3.05) is 19.6 Å². The molecule has 2 aliphatic carbocycles. The Labute approximate surface area is 150 Å². The Morgan fingerprint density at radius 3 is 2.40 bits per heavy atom. The summed E-state index contributed by atoms with van der Waals surface area (Å²) in [6, 6.07) is 9.84. The van der Waals surface area contributed by atoms with Crippen molar-refractivity contribution in [2.45, 2.75) is 50.7 Å². The summed E-state index contributed by atoms with van der Waals surface area (Å²) < 4.78 is 0. The van der Waals surface area contributed by atoms with Crippen LogP contribution in [0.15, 0.2) is 30.3 Å². The maximum Gasteiger partial charge on any atom is 0.257 e. The number of hydrogen-bond acceptors (Lipinski definition) is 3. The van der Waals surface area contributed by atoms with Gasteiger partial charge in [0.1, 0.15) is 0 Å². The number of carbonyl (C=O) groups is 1. The van der Waals surface area contributed by atoms with Gasteiger partial charge in [-0.15, -0.1) is 0 Å². The van der Waals surface area contributed by atoms with Gasteiger partial charge in [0, 0.05) is 25.0 Å². The highest BCUT2D eigenvalue weighted by molar-refractivity contribution is 5.87. The van der Waals surface area contributed by atoms with E-state index in [1.165, 1.54) is 6.42 Å². The van der Waals surface area contributed by atoms with E-state index in [0.717, 1.165) is 50.9 Å². The van der Waals surface area contributed by atoms with E-state index in [0.29, 0.717) is 11.8 Å². The number of piperidine rings is 1. The number of hydrogen-bond donors (Lipinski definition) is 2. The maximum absolute atomic E-state index is 13.2. The molecule has 1 aromatic rings. The first-order valence-electron chi connectivity index (χ1n) is 9.95. The molecule has 1 heterocycles. The minimum absolute atomic E-state index is 0.0226. The lowest BCUT2D eigenvalue weighted by Gasteiger charge is -2.38. The molecule has 1 aromatic carbocycles. The summed E-state index contributed by atoms with van der Waals surface area (Å²) in [4.78, 5) is 15.7. The third-order valence-electron chi connectivity index (χ3n) is 6.77. The van der Waals surface area contributed by atoms with E-state index in [-0.39, 0.29) is 17.9 Å². The predicted octanol–water partition coefficient (Wildman–Crippen LogP) is 2.52. The van der Waals surface area contributed by atoms with Crippen LogP contribution >= 0.6 is 0 Å². The van der Waals surface area contributed by atoms with Crippen LogP contribution in [0, 0.1) is 17.8 Å². The topological polar surface area (TPSA) is 52.6 Å². The summed E-state index contributed by atoms with van der Waals surface area (Å²) >= 11 is 0. The number of fused-ring (bicyclic) bond motifs is 1. The Hall–Kier alpha value is -1.39. The van der Waals surface area contributed by atoms with Gasteiger partial charge in [-0.3, -0.25) is 4.79 Å². The second-order valence-corrected chi connectivity index (χ2v) is 8.15. The van der Waals surface area contributed by atoms with Crippen LogP contribution < -0.4 is 5.32 Å². The van der Waals surface area contributed by atoms with Gasteiger partial charge in [0.05, 0.1) is 0 Å². The summed E-state index contributed by atoms with van der Waals surface area (Å²) in [5.41, 5.74) is -0.636. The normalized spacial score (nSPS) is 32.0. The number of nitrogens with one attached hydrogen (secondary N) is 1. The summed E-state index contributed by atoms with van der Waals surface area (Å²) in [7, 11) is 0. The molecule has 2 N–H and O–H groups in total. The molecule has 0 spiro atoms. The molecule has 3 aliphatic rings. The van der Waals surface area contributed by atoms with E-state index >= 15 is 0 Å². The van der Waals surface area contributed by atoms with Gasteiger partial charge in [0.15, 0.2) is 5.60 Å². The Bertz CT molecular complexity index is 602. The fourth-order valence-electron chi connectivity index (χ4n) is 5.11. The standard InChI is InChI=1S/C21H30N2O2/c1-2-23-13-17-18(14-23)19(17)22-20(24)21(25,15-9-5-3-6-10-15)16-11-7-4-8-12-16/h3,5-6,9-10,16-19,25H,2,4,7-8,11-14H2,1H3,(H,22,24). The average molecular weight is 342 g/mol. The molecule has 4 heteroatoms. The molecule has 2 saturated carbocycles. The van der Waals surface area contributed by atoms with Gasteiger partial charge in [-0.25, -0.2) is 0 Å². The van der Waals surface area contributed by atoms with Gasteiger partial charge < -0.3 is 15.3 Å². The highest BCUT2D eigenvalue weighted by atomic mass is 16.3. The van der Waals surface area contributed by atoms with Crippen LogP contribution in [0.5, 0.6) is 0 Å². The monoisotopic (exact) mass is 342 g/mol. The number of rotatable bonds is 5. The number of likely N-dealkylation sites (tertiary alicyclic amines) is 1. The predicted molar refractivity (Wildman–Crippen MR) is 97.9 cm³/mol. The van der Waals surface area contributed by atoms with Crippen molar-refractivity contribution < 1.29 is 9.90 Å². The molecule has 25 heavy (non-hydrogen) atoms. The highest BCUT2D eigenvalue weighted by Crippen LogP contribution is 2.47. The van der Waals surface area contributed by atoms with Crippen molar-refractivity contribution in [3.05, 3.63) is 35.9 Å². The van der Waals surface area contributed by atoms with Crippen molar-refractivity contribution in [1.82, 2.24) is 10.2 Å². The third kappa shape index (κ3) is 3.00. The van der Waals surface area contributed by atoms with Crippen molar-refractivity contribution in [3.8, 4) is 0 Å². The number of carbonyl (C=O) groups excluding carboxylic acids is 1. The van der Waals surface area contributed by atoms with Crippen LogP contribution in [0.2, 0.25) is 0 Å². The SMILES string of the molecule is CCN1CC2C(C1)C2NC(=O)C(O)(c1ccccc1)C1CCCCC1. The summed E-state index contributed by atoms with van der Waals surface area (Å²) in [6.07, 6.45) is 5.28. The van der Waals surface area contributed by atoms with E-state index in [1.54, 1.807) is 0 Å². The molecule has 1 aliphatic heterocycles. The molecular formula is C21H30N2O2. The zero-order valence-electron chi connectivity index (χ0n) is 15.2. The fraction of sp³-hybridized carbons (Fsp3) is 0.667. The number of nitrogens with zero attached hydrogens (tertiary/aromatic N) is 1. The smallest absolute Gasteiger partial charge is 0.257 e. The molecule has 0 radical (unpaired) electrons. The van der Waals surface area contributed by atoms with Gasteiger partial charge in [-0.1, -0.05) is 56.5 Å². The maximum atomic E-state index is 13.2.